The van der Waals surface area contributed by atoms with Crippen molar-refractivity contribution < 1.29 is 5.11 Å². The molecule has 2 heteroatoms. The fourth-order valence-corrected chi connectivity index (χ4v) is 3.98. The molecule has 0 aliphatic heterocycles. The zero-order valence-corrected chi connectivity index (χ0v) is 16.3. The normalized spacial score (nSPS) is 12.9. The minimum absolute atomic E-state index is 0.173. The molecule has 1 atom stereocenters. The van der Waals surface area contributed by atoms with Gasteiger partial charge in [0.1, 0.15) is 5.60 Å². The van der Waals surface area contributed by atoms with E-state index in [1.54, 1.807) is 0 Å². The first-order valence-corrected chi connectivity index (χ1v) is 9.84. The molecule has 0 amide bonds. The van der Waals surface area contributed by atoms with Crippen molar-refractivity contribution in [3.05, 3.63) is 108 Å². The minimum Gasteiger partial charge on any atom is -0.378 e. The van der Waals surface area contributed by atoms with Crippen molar-refractivity contribution in [2.75, 3.05) is 13.1 Å². The van der Waals surface area contributed by atoms with Gasteiger partial charge in [0.2, 0.25) is 0 Å². The average molecular weight is 360 g/mol. The third-order valence-electron chi connectivity index (χ3n) is 5.22. The van der Waals surface area contributed by atoms with Gasteiger partial charge in [0, 0.05) is 0 Å². The Balaban J connectivity index is 2.25. The fraction of sp³-hybridized carbons (Fsp3) is 0.280. The number of hydrogen-bond acceptors (Lipinski definition) is 2. The van der Waals surface area contributed by atoms with Gasteiger partial charge in [-0.2, -0.15) is 0 Å². The van der Waals surface area contributed by atoms with E-state index in [1.807, 2.05) is 66.7 Å². The van der Waals surface area contributed by atoms with Crippen LogP contribution < -0.4 is 0 Å². The van der Waals surface area contributed by atoms with Gasteiger partial charge >= 0.3 is 0 Å². The first-order chi connectivity index (χ1) is 13.2. The van der Waals surface area contributed by atoms with Crippen LogP contribution in [0.5, 0.6) is 0 Å². The highest BCUT2D eigenvalue weighted by molar-refractivity contribution is 5.41. The van der Waals surface area contributed by atoms with Gasteiger partial charge in [-0.3, -0.25) is 4.90 Å². The molecule has 0 saturated heterocycles. The van der Waals surface area contributed by atoms with Crippen LogP contribution in [0.1, 0.15) is 43.0 Å². The maximum Gasteiger partial charge on any atom is 0.134 e. The predicted octanol–water partition coefficient (Wildman–Crippen LogP) is 5.40. The SMILES string of the molecule is CCCN(CC)[C@@H](c1ccccc1)C(O)(c1ccccc1)c1ccccc1. The molecule has 0 aliphatic carbocycles. The molecule has 3 aromatic rings. The van der Waals surface area contributed by atoms with Gasteiger partial charge in [0.05, 0.1) is 6.04 Å². The van der Waals surface area contributed by atoms with E-state index >= 15 is 0 Å². The minimum atomic E-state index is -1.14. The van der Waals surface area contributed by atoms with Crippen LogP contribution in [-0.2, 0) is 5.60 Å². The van der Waals surface area contributed by atoms with Gasteiger partial charge < -0.3 is 5.11 Å². The number of benzene rings is 3. The summed E-state index contributed by atoms with van der Waals surface area (Å²) in [6, 6.07) is 30.3. The molecule has 27 heavy (non-hydrogen) atoms. The molecule has 0 heterocycles. The number of likely N-dealkylation sites (N-methyl/N-ethyl adjacent to an activating group) is 1. The lowest BCUT2D eigenvalue weighted by atomic mass is 9.76. The van der Waals surface area contributed by atoms with E-state index in [0.29, 0.717) is 0 Å². The van der Waals surface area contributed by atoms with Crippen LogP contribution in [0, 0.1) is 0 Å². The maximum atomic E-state index is 12.4. The van der Waals surface area contributed by atoms with Crippen LogP contribution >= 0.6 is 0 Å². The summed E-state index contributed by atoms with van der Waals surface area (Å²) in [6.07, 6.45) is 1.04. The average Bonchev–Trinajstić information content (AvgIpc) is 2.75. The Morgan fingerprint density at radius 1 is 0.741 bits per heavy atom. The molecule has 0 saturated carbocycles. The Kier molecular flexibility index (Phi) is 6.44. The van der Waals surface area contributed by atoms with E-state index in [4.69, 9.17) is 0 Å². The van der Waals surface area contributed by atoms with Gasteiger partial charge in [-0.25, -0.2) is 0 Å². The molecule has 3 rings (SSSR count). The van der Waals surface area contributed by atoms with Gasteiger partial charge in [-0.15, -0.1) is 0 Å². The second-order valence-electron chi connectivity index (χ2n) is 6.94. The van der Waals surface area contributed by atoms with Crippen molar-refractivity contribution >= 4 is 0 Å². The Hall–Kier alpha value is -2.42. The zero-order chi connectivity index (χ0) is 19.1. The standard InChI is InChI=1S/C25H29NO/c1-3-20-26(4-2)24(21-14-8-5-9-15-21)25(27,22-16-10-6-11-17-22)23-18-12-7-13-19-23/h5-19,24,27H,3-4,20H2,1-2H3/t24-/m0/s1. The monoisotopic (exact) mass is 359 g/mol. The van der Waals surface area contributed by atoms with Gasteiger partial charge in [0.15, 0.2) is 0 Å². The van der Waals surface area contributed by atoms with E-state index < -0.39 is 5.60 Å². The highest BCUT2D eigenvalue weighted by Crippen LogP contribution is 2.44. The number of hydrogen-bond donors (Lipinski definition) is 1. The number of aliphatic hydroxyl groups is 1. The summed E-state index contributed by atoms with van der Waals surface area (Å²) in [5.74, 6) is 0. The van der Waals surface area contributed by atoms with Crippen LogP contribution in [0.25, 0.3) is 0 Å². The first-order valence-electron chi connectivity index (χ1n) is 9.84. The van der Waals surface area contributed by atoms with E-state index in [1.165, 1.54) is 0 Å². The molecule has 2 nitrogen and oxygen atoms in total. The molecule has 3 aromatic carbocycles. The predicted molar refractivity (Wildman–Crippen MR) is 113 cm³/mol. The zero-order valence-electron chi connectivity index (χ0n) is 16.3. The molecular weight excluding hydrogens is 330 g/mol. The molecule has 0 aromatic heterocycles. The number of nitrogens with zero attached hydrogens (tertiary/aromatic N) is 1. The van der Waals surface area contributed by atoms with Crippen LogP contribution in [0.3, 0.4) is 0 Å². The summed E-state index contributed by atoms with van der Waals surface area (Å²) in [6.45, 7) is 6.16. The molecule has 1 N–H and O–H groups in total. The smallest absolute Gasteiger partial charge is 0.134 e. The largest absolute Gasteiger partial charge is 0.378 e. The highest BCUT2D eigenvalue weighted by atomic mass is 16.3. The summed E-state index contributed by atoms with van der Waals surface area (Å²) in [5.41, 5.74) is 1.82. The van der Waals surface area contributed by atoms with Crippen LogP contribution in [0.4, 0.5) is 0 Å². The van der Waals surface area contributed by atoms with Crippen molar-refractivity contribution in [1.29, 1.82) is 0 Å². The van der Waals surface area contributed by atoms with Crippen LogP contribution in [0.2, 0.25) is 0 Å². The molecule has 0 bridgehead atoms. The molecule has 0 aliphatic rings. The molecule has 140 valence electrons. The number of rotatable bonds is 8. The molecule has 0 fully saturated rings. The third-order valence-corrected chi connectivity index (χ3v) is 5.22. The van der Waals surface area contributed by atoms with E-state index in [0.717, 1.165) is 36.2 Å². The molecule has 0 unspecified atom stereocenters. The lowest BCUT2D eigenvalue weighted by Gasteiger charge is -2.44. The Morgan fingerprint density at radius 2 is 1.19 bits per heavy atom. The van der Waals surface area contributed by atoms with Crippen LogP contribution in [0.15, 0.2) is 91.0 Å². The van der Waals surface area contributed by atoms with Crippen molar-refractivity contribution in [2.24, 2.45) is 0 Å². The van der Waals surface area contributed by atoms with Crippen molar-refractivity contribution in [1.82, 2.24) is 4.90 Å². The Labute approximate surface area is 163 Å². The van der Waals surface area contributed by atoms with E-state index in [9.17, 15) is 5.11 Å². The Morgan fingerprint density at radius 3 is 1.59 bits per heavy atom. The second kappa shape index (κ2) is 8.98. The third kappa shape index (κ3) is 3.97. The summed E-state index contributed by atoms with van der Waals surface area (Å²) in [7, 11) is 0. The Bertz CT molecular complexity index is 762. The molecular formula is C25H29NO. The van der Waals surface area contributed by atoms with Crippen molar-refractivity contribution in [3.8, 4) is 0 Å². The summed E-state index contributed by atoms with van der Waals surface area (Å²) in [5, 5.41) is 12.4. The first kappa shape index (κ1) is 19.3. The van der Waals surface area contributed by atoms with Gasteiger partial charge in [0.25, 0.3) is 0 Å². The van der Waals surface area contributed by atoms with E-state index in [-0.39, 0.29) is 6.04 Å². The van der Waals surface area contributed by atoms with Gasteiger partial charge in [-0.1, -0.05) is 105 Å². The highest BCUT2D eigenvalue weighted by Gasteiger charge is 2.43. The molecule has 0 radical (unpaired) electrons. The topological polar surface area (TPSA) is 23.5 Å². The van der Waals surface area contributed by atoms with Crippen molar-refractivity contribution in [2.45, 2.75) is 31.9 Å². The van der Waals surface area contributed by atoms with Crippen LogP contribution in [-0.4, -0.2) is 23.1 Å². The van der Waals surface area contributed by atoms with Crippen molar-refractivity contribution in [3.63, 3.8) is 0 Å². The van der Waals surface area contributed by atoms with E-state index in [2.05, 4.69) is 43.0 Å². The van der Waals surface area contributed by atoms with Gasteiger partial charge in [-0.05, 0) is 36.2 Å². The fourth-order valence-electron chi connectivity index (χ4n) is 3.98. The quantitative estimate of drug-likeness (QED) is 0.582. The summed E-state index contributed by atoms with van der Waals surface area (Å²) in [4.78, 5) is 2.38. The second-order valence-corrected chi connectivity index (χ2v) is 6.94. The maximum absolute atomic E-state index is 12.4. The lowest BCUT2D eigenvalue weighted by Crippen LogP contribution is -2.45. The summed E-state index contributed by atoms with van der Waals surface area (Å²) < 4.78 is 0. The summed E-state index contributed by atoms with van der Waals surface area (Å²) >= 11 is 0. The molecule has 0 spiro atoms. The lowest BCUT2D eigenvalue weighted by molar-refractivity contribution is -0.0217.